The Morgan fingerprint density at radius 3 is 2.64 bits per heavy atom. The Morgan fingerprint density at radius 1 is 1.09 bits per heavy atom. The molecule has 1 aromatic carbocycles. The molecule has 3 nitrogen and oxygen atoms in total. The highest BCUT2D eigenvalue weighted by Gasteiger charge is 2.53. The fourth-order valence-corrected chi connectivity index (χ4v) is 4.39. The fourth-order valence-electron chi connectivity index (χ4n) is 4.39. The molecule has 2 aliphatic carbocycles. The normalized spacial score (nSPS) is 32.4. The van der Waals surface area contributed by atoms with Crippen LogP contribution in [0.15, 0.2) is 35.9 Å². The van der Waals surface area contributed by atoms with Crippen LogP contribution in [-0.4, -0.2) is 24.8 Å². The van der Waals surface area contributed by atoms with Crippen molar-refractivity contribution in [2.45, 2.75) is 37.9 Å². The van der Waals surface area contributed by atoms with Gasteiger partial charge in [0, 0.05) is 18.3 Å². The van der Waals surface area contributed by atoms with Crippen LogP contribution in [-0.2, 0) is 14.3 Å². The van der Waals surface area contributed by atoms with E-state index in [9.17, 15) is 4.79 Å². The van der Waals surface area contributed by atoms with E-state index in [2.05, 4.69) is 18.2 Å². The first-order chi connectivity index (χ1) is 10.8. The molecule has 3 aliphatic rings. The predicted molar refractivity (Wildman–Crippen MR) is 84.1 cm³/mol. The number of carbonyl (C=O) groups excluding carboxylic acids is 1. The zero-order chi connectivity index (χ0) is 15.0. The van der Waals surface area contributed by atoms with Crippen LogP contribution in [0.25, 0.3) is 6.08 Å². The molecular formula is C19H22O3. The van der Waals surface area contributed by atoms with E-state index in [0.717, 1.165) is 43.2 Å². The molecule has 0 aromatic heterocycles. The smallest absolute Gasteiger partial charge is 0.171 e. The third-order valence-corrected chi connectivity index (χ3v) is 5.39. The molecule has 2 saturated carbocycles. The van der Waals surface area contributed by atoms with Gasteiger partial charge in [-0.1, -0.05) is 30.3 Å². The quantitative estimate of drug-likeness (QED) is 0.743. The van der Waals surface area contributed by atoms with E-state index >= 15 is 0 Å². The molecule has 4 rings (SSSR count). The number of carbonyl (C=O) groups is 1. The summed E-state index contributed by atoms with van der Waals surface area (Å²) in [5.41, 5.74) is 2.09. The summed E-state index contributed by atoms with van der Waals surface area (Å²) in [6, 6.07) is 10.1. The van der Waals surface area contributed by atoms with Crippen LogP contribution in [0.4, 0.5) is 0 Å². The summed E-state index contributed by atoms with van der Waals surface area (Å²) in [5, 5.41) is 0. The first-order valence-corrected chi connectivity index (χ1v) is 8.36. The van der Waals surface area contributed by atoms with Crippen molar-refractivity contribution in [3.8, 4) is 0 Å². The third-order valence-electron chi connectivity index (χ3n) is 5.39. The molecule has 116 valence electrons. The molecule has 22 heavy (non-hydrogen) atoms. The number of Topliss-reactive ketones (excluding diaryl/α,β-unsaturated/α-hetero) is 1. The van der Waals surface area contributed by atoms with Crippen LogP contribution >= 0.6 is 0 Å². The van der Waals surface area contributed by atoms with E-state index in [1.54, 1.807) is 0 Å². The van der Waals surface area contributed by atoms with Crippen molar-refractivity contribution in [2.75, 3.05) is 13.2 Å². The van der Waals surface area contributed by atoms with E-state index < -0.39 is 5.79 Å². The highest BCUT2D eigenvalue weighted by molar-refractivity contribution is 6.02. The predicted octanol–water partition coefficient (Wildman–Crippen LogP) is 3.59. The maximum Gasteiger partial charge on any atom is 0.171 e. The molecule has 2 atom stereocenters. The van der Waals surface area contributed by atoms with Gasteiger partial charge < -0.3 is 9.47 Å². The Hall–Kier alpha value is -1.45. The molecule has 1 aliphatic heterocycles. The van der Waals surface area contributed by atoms with Crippen molar-refractivity contribution >= 4 is 11.9 Å². The van der Waals surface area contributed by atoms with Crippen LogP contribution < -0.4 is 0 Å². The number of ketones is 1. The Morgan fingerprint density at radius 2 is 1.86 bits per heavy atom. The summed E-state index contributed by atoms with van der Waals surface area (Å²) in [6.45, 7) is 1.34. The van der Waals surface area contributed by atoms with Gasteiger partial charge in [-0.15, -0.1) is 0 Å². The van der Waals surface area contributed by atoms with Gasteiger partial charge in [-0.3, -0.25) is 4.79 Å². The minimum absolute atomic E-state index is 0.0792. The topological polar surface area (TPSA) is 35.5 Å². The summed E-state index contributed by atoms with van der Waals surface area (Å²) in [4.78, 5) is 12.9. The first kappa shape index (κ1) is 14.2. The largest absolute Gasteiger partial charge is 0.347 e. The van der Waals surface area contributed by atoms with Crippen molar-refractivity contribution in [1.82, 2.24) is 0 Å². The Balaban J connectivity index is 1.60. The molecule has 1 spiro atoms. The number of fused-ring (bicyclic) bond motifs is 2. The lowest BCUT2D eigenvalue weighted by Gasteiger charge is -2.46. The van der Waals surface area contributed by atoms with Crippen LogP contribution in [0.1, 0.15) is 37.7 Å². The second-order valence-electron chi connectivity index (χ2n) is 6.60. The van der Waals surface area contributed by atoms with Crippen molar-refractivity contribution in [3.63, 3.8) is 0 Å². The molecule has 1 aromatic rings. The average molecular weight is 298 g/mol. The van der Waals surface area contributed by atoms with Crippen LogP contribution in [0.3, 0.4) is 0 Å². The maximum atomic E-state index is 12.9. The SMILES string of the molecule is O=C1C(=Cc2ccccc2)CCC2C1CCCC21OCCO1. The van der Waals surface area contributed by atoms with Crippen LogP contribution in [0.2, 0.25) is 0 Å². The van der Waals surface area contributed by atoms with Crippen LogP contribution in [0.5, 0.6) is 0 Å². The number of allylic oxidation sites excluding steroid dienone is 1. The standard InChI is InChI=1S/C19H22O3/c20-18-15(13-14-5-2-1-3-6-14)8-9-17-16(18)7-4-10-19(17)21-11-12-22-19/h1-3,5-6,13,16-17H,4,7-12H2. The summed E-state index contributed by atoms with van der Waals surface area (Å²) >= 11 is 0. The summed E-state index contributed by atoms with van der Waals surface area (Å²) in [7, 11) is 0. The zero-order valence-electron chi connectivity index (χ0n) is 12.8. The van der Waals surface area contributed by atoms with E-state index in [0.29, 0.717) is 19.0 Å². The maximum absolute atomic E-state index is 12.9. The molecular weight excluding hydrogens is 276 g/mol. The highest BCUT2D eigenvalue weighted by Crippen LogP contribution is 2.49. The monoisotopic (exact) mass is 298 g/mol. The Kier molecular flexibility index (Phi) is 3.63. The highest BCUT2D eigenvalue weighted by atomic mass is 16.7. The van der Waals surface area contributed by atoms with Gasteiger partial charge in [-0.2, -0.15) is 0 Å². The lowest BCUT2D eigenvalue weighted by atomic mass is 9.65. The molecule has 3 fully saturated rings. The minimum Gasteiger partial charge on any atom is -0.347 e. The van der Waals surface area contributed by atoms with Crippen molar-refractivity contribution in [2.24, 2.45) is 11.8 Å². The molecule has 2 unspecified atom stereocenters. The van der Waals surface area contributed by atoms with E-state index in [1.165, 1.54) is 0 Å². The van der Waals surface area contributed by atoms with Crippen molar-refractivity contribution in [1.29, 1.82) is 0 Å². The second-order valence-corrected chi connectivity index (χ2v) is 6.60. The van der Waals surface area contributed by atoms with Gasteiger partial charge in [0.25, 0.3) is 0 Å². The minimum atomic E-state index is -0.461. The van der Waals surface area contributed by atoms with E-state index in [4.69, 9.17) is 9.47 Å². The molecule has 1 heterocycles. The lowest BCUT2D eigenvalue weighted by molar-refractivity contribution is -0.227. The second kappa shape index (κ2) is 5.64. The van der Waals surface area contributed by atoms with E-state index in [1.807, 2.05) is 18.2 Å². The number of hydrogen-bond acceptors (Lipinski definition) is 3. The molecule has 3 heteroatoms. The number of hydrogen-bond donors (Lipinski definition) is 0. The number of rotatable bonds is 1. The average Bonchev–Trinajstić information content (AvgIpc) is 3.01. The number of benzene rings is 1. The molecule has 0 radical (unpaired) electrons. The molecule has 0 amide bonds. The van der Waals surface area contributed by atoms with Crippen molar-refractivity contribution < 1.29 is 14.3 Å². The molecule has 0 N–H and O–H groups in total. The van der Waals surface area contributed by atoms with Gasteiger partial charge in [0.2, 0.25) is 0 Å². The summed E-state index contributed by atoms with van der Waals surface area (Å²) in [5.74, 6) is 0.176. The molecule has 1 saturated heterocycles. The van der Waals surface area contributed by atoms with Gasteiger partial charge in [-0.25, -0.2) is 0 Å². The summed E-state index contributed by atoms with van der Waals surface area (Å²) in [6.07, 6.45) is 6.84. The Labute approximate surface area is 131 Å². The Bertz CT molecular complexity index is 584. The third kappa shape index (κ3) is 2.33. The van der Waals surface area contributed by atoms with E-state index in [-0.39, 0.29) is 11.8 Å². The van der Waals surface area contributed by atoms with Gasteiger partial charge >= 0.3 is 0 Å². The van der Waals surface area contributed by atoms with Gasteiger partial charge in [0.15, 0.2) is 11.6 Å². The van der Waals surface area contributed by atoms with Crippen molar-refractivity contribution in [3.05, 3.63) is 41.5 Å². The first-order valence-electron chi connectivity index (χ1n) is 8.36. The zero-order valence-corrected chi connectivity index (χ0v) is 12.8. The summed E-state index contributed by atoms with van der Waals surface area (Å²) < 4.78 is 11.9. The fraction of sp³-hybridized carbons (Fsp3) is 0.526. The number of ether oxygens (including phenoxy) is 2. The van der Waals surface area contributed by atoms with Gasteiger partial charge in [0.1, 0.15) is 0 Å². The molecule has 0 bridgehead atoms. The van der Waals surface area contributed by atoms with Gasteiger partial charge in [0.05, 0.1) is 13.2 Å². The van der Waals surface area contributed by atoms with Crippen LogP contribution in [0, 0.1) is 11.8 Å². The lowest BCUT2D eigenvalue weighted by Crippen LogP contribution is -2.50. The van der Waals surface area contributed by atoms with Gasteiger partial charge in [-0.05, 0) is 42.9 Å².